The van der Waals surface area contributed by atoms with Gasteiger partial charge in [-0.1, -0.05) is 30.8 Å². The maximum Gasteiger partial charge on any atom is 0.237 e. The average molecular weight is 426 g/mol. The van der Waals surface area contributed by atoms with Crippen molar-refractivity contribution in [2.24, 2.45) is 5.92 Å². The third kappa shape index (κ3) is 4.73. The smallest absolute Gasteiger partial charge is 0.237 e. The van der Waals surface area contributed by atoms with Crippen molar-refractivity contribution >= 4 is 11.8 Å². The van der Waals surface area contributed by atoms with Crippen LogP contribution in [0.2, 0.25) is 0 Å². The molecule has 9 heteroatoms. The Morgan fingerprint density at radius 3 is 2.67 bits per heavy atom. The van der Waals surface area contributed by atoms with Crippen LogP contribution < -0.4 is 4.74 Å². The van der Waals surface area contributed by atoms with Crippen molar-refractivity contribution in [3.8, 4) is 17.1 Å². The van der Waals surface area contributed by atoms with Gasteiger partial charge in [0.1, 0.15) is 11.5 Å². The summed E-state index contributed by atoms with van der Waals surface area (Å²) >= 11 is 1.50. The van der Waals surface area contributed by atoms with Crippen molar-refractivity contribution < 1.29 is 13.7 Å². The molecule has 0 saturated carbocycles. The second-order valence-electron chi connectivity index (χ2n) is 7.19. The molecule has 0 aliphatic carbocycles. The van der Waals surface area contributed by atoms with E-state index >= 15 is 0 Å². The molecule has 0 amide bonds. The lowest BCUT2D eigenvalue weighted by Crippen LogP contribution is -2.03. The summed E-state index contributed by atoms with van der Waals surface area (Å²) in [4.78, 5) is 4.47. The Kier molecular flexibility index (Phi) is 6.18. The number of hydrogen-bond acceptors (Lipinski definition) is 8. The highest BCUT2D eigenvalue weighted by Crippen LogP contribution is 2.28. The lowest BCUT2D eigenvalue weighted by Gasteiger charge is -2.09. The highest BCUT2D eigenvalue weighted by molar-refractivity contribution is 7.98. The molecule has 4 rings (SSSR count). The van der Waals surface area contributed by atoms with Gasteiger partial charge in [-0.2, -0.15) is 4.98 Å². The van der Waals surface area contributed by atoms with E-state index in [4.69, 9.17) is 13.7 Å². The van der Waals surface area contributed by atoms with Gasteiger partial charge in [0, 0.05) is 12.0 Å². The van der Waals surface area contributed by atoms with Crippen molar-refractivity contribution in [1.29, 1.82) is 0 Å². The zero-order valence-corrected chi connectivity index (χ0v) is 17.9. The van der Waals surface area contributed by atoms with Crippen LogP contribution in [0.4, 0.5) is 0 Å². The van der Waals surface area contributed by atoms with Gasteiger partial charge in [-0.05, 0) is 42.3 Å². The standard InChI is InChI=1S/C21H23N5O3S/c1-14(2)11-18-22-19(29-25-18)13-30-21-24-23-20(15-6-8-16(27-3)9-7-15)26(21)12-17-5-4-10-28-17/h4-10,14H,11-13H2,1-3H3. The van der Waals surface area contributed by atoms with Crippen LogP contribution in [0.5, 0.6) is 5.75 Å². The molecular weight excluding hydrogens is 402 g/mol. The quantitative estimate of drug-likeness (QED) is 0.363. The number of furan rings is 1. The highest BCUT2D eigenvalue weighted by Gasteiger charge is 2.17. The average Bonchev–Trinajstić information content (AvgIpc) is 3.49. The zero-order chi connectivity index (χ0) is 20.9. The Morgan fingerprint density at radius 1 is 1.13 bits per heavy atom. The first-order valence-electron chi connectivity index (χ1n) is 9.66. The molecule has 0 N–H and O–H groups in total. The first kappa shape index (κ1) is 20.2. The molecule has 3 aromatic heterocycles. The maximum atomic E-state index is 5.55. The van der Waals surface area contributed by atoms with Gasteiger partial charge in [-0.25, -0.2) is 0 Å². The SMILES string of the molecule is COc1ccc(-c2nnc(SCc3nc(CC(C)C)no3)n2Cc2ccco2)cc1. The zero-order valence-electron chi connectivity index (χ0n) is 17.1. The van der Waals surface area contributed by atoms with E-state index in [0.717, 1.165) is 40.3 Å². The van der Waals surface area contributed by atoms with Crippen molar-refractivity contribution in [3.05, 3.63) is 60.1 Å². The molecule has 0 radical (unpaired) electrons. The van der Waals surface area contributed by atoms with E-state index in [9.17, 15) is 0 Å². The molecule has 3 heterocycles. The number of ether oxygens (including phenoxy) is 1. The van der Waals surface area contributed by atoms with Crippen molar-refractivity contribution in [2.75, 3.05) is 7.11 Å². The molecule has 30 heavy (non-hydrogen) atoms. The summed E-state index contributed by atoms with van der Waals surface area (Å²) in [6.45, 7) is 4.78. The fourth-order valence-corrected chi connectivity index (χ4v) is 3.75. The predicted octanol–water partition coefficient (Wildman–Crippen LogP) is 4.47. The summed E-state index contributed by atoms with van der Waals surface area (Å²) in [7, 11) is 1.65. The fourth-order valence-electron chi connectivity index (χ4n) is 2.97. The summed E-state index contributed by atoms with van der Waals surface area (Å²) in [6.07, 6.45) is 2.46. The van der Waals surface area contributed by atoms with E-state index in [1.165, 1.54) is 11.8 Å². The molecule has 8 nitrogen and oxygen atoms in total. The van der Waals surface area contributed by atoms with Gasteiger partial charge in [0.05, 0.1) is 25.7 Å². The summed E-state index contributed by atoms with van der Waals surface area (Å²) < 4.78 is 18.2. The molecular formula is C21H23N5O3S. The van der Waals surface area contributed by atoms with Gasteiger partial charge >= 0.3 is 0 Å². The van der Waals surface area contributed by atoms with Gasteiger partial charge in [-0.15, -0.1) is 10.2 Å². The molecule has 0 atom stereocenters. The van der Waals surface area contributed by atoms with E-state index in [1.807, 2.05) is 41.0 Å². The van der Waals surface area contributed by atoms with Gasteiger partial charge in [-0.3, -0.25) is 4.57 Å². The number of thioether (sulfide) groups is 1. The van der Waals surface area contributed by atoms with Crippen molar-refractivity contribution in [1.82, 2.24) is 24.9 Å². The number of rotatable bonds is 9. The van der Waals surface area contributed by atoms with Crippen molar-refractivity contribution in [3.63, 3.8) is 0 Å². The van der Waals surface area contributed by atoms with Crippen molar-refractivity contribution in [2.45, 2.75) is 37.7 Å². The molecule has 1 aromatic carbocycles. The van der Waals surface area contributed by atoms with Gasteiger partial charge in [0.15, 0.2) is 16.8 Å². The minimum Gasteiger partial charge on any atom is -0.497 e. The Labute approximate surface area is 178 Å². The minimum atomic E-state index is 0.478. The van der Waals surface area contributed by atoms with E-state index in [0.29, 0.717) is 24.1 Å². The Balaban J connectivity index is 1.57. The van der Waals surface area contributed by atoms with Gasteiger partial charge in [0.25, 0.3) is 0 Å². The van der Waals surface area contributed by atoms with Crippen LogP contribution in [0, 0.1) is 5.92 Å². The molecule has 0 unspecified atom stereocenters. The highest BCUT2D eigenvalue weighted by atomic mass is 32.2. The largest absolute Gasteiger partial charge is 0.497 e. The second-order valence-corrected chi connectivity index (χ2v) is 8.13. The third-order valence-electron chi connectivity index (χ3n) is 4.38. The molecule has 0 fully saturated rings. The van der Waals surface area contributed by atoms with Crippen LogP contribution in [-0.4, -0.2) is 32.0 Å². The first-order chi connectivity index (χ1) is 14.6. The first-order valence-corrected chi connectivity index (χ1v) is 10.6. The molecule has 0 aliphatic rings. The lowest BCUT2D eigenvalue weighted by atomic mass is 10.1. The van der Waals surface area contributed by atoms with E-state index in [2.05, 4.69) is 34.2 Å². The normalized spacial score (nSPS) is 11.3. The maximum absolute atomic E-state index is 5.55. The topological polar surface area (TPSA) is 92.0 Å². The summed E-state index contributed by atoms with van der Waals surface area (Å²) in [5.74, 6) is 4.67. The van der Waals surface area contributed by atoms with Gasteiger partial charge in [0.2, 0.25) is 5.89 Å². The summed E-state index contributed by atoms with van der Waals surface area (Å²) in [6, 6.07) is 11.5. The number of aromatic nitrogens is 5. The summed E-state index contributed by atoms with van der Waals surface area (Å²) in [5.41, 5.74) is 0.943. The van der Waals surface area contributed by atoms with Crippen LogP contribution in [0.3, 0.4) is 0 Å². The number of hydrogen-bond donors (Lipinski definition) is 0. The van der Waals surface area contributed by atoms with E-state index in [-0.39, 0.29) is 0 Å². The Hall–Kier alpha value is -3.07. The number of methoxy groups -OCH3 is 1. The Morgan fingerprint density at radius 2 is 1.97 bits per heavy atom. The third-order valence-corrected chi connectivity index (χ3v) is 5.34. The van der Waals surface area contributed by atoms with E-state index in [1.54, 1.807) is 13.4 Å². The summed E-state index contributed by atoms with van der Waals surface area (Å²) in [5, 5.41) is 13.6. The monoisotopic (exact) mass is 425 g/mol. The molecule has 0 aliphatic heterocycles. The fraction of sp³-hybridized carbons (Fsp3) is 0.333. The van der Waals surface area contributed by atoms with Gasteiger partial charge < -0.3 is 13.7 Å². The molecule has 0 bridgehead atoms. The Bertz CT molecular complexity index is 1070. The van der Waals surface area contributed by atoms with Crippen LogP contribution in [0.1, 0.15) is 31.3 Å². The molecule has 156 valence electrons. The van der Waals surface area contributed by atoms with Crippen LogP contribution >= 0.6 is 11.8 Å². The van der Waals surface area contributed by atoms with E-state index < -0.39 is 0 Å². The van der Waals surface area contributed by atoms with Crippen LogP contribution in [0.25, 0.3) is 11.4 Å². The number of benzene rings is 1. The molecule has 0 saturated heterocycles. The predicted molar refractivity (Wildman–Crippen MR) is 112 cm³/mol. The lowest BCUT2D eigenvalue weighted by molar-refractivity contribution is 0.382. The second kappa shape index (κ2) is 9.17. The van der Waals surface area contributed by atoms with Crippen LogP contribution in [0.15, 0.2) is 56.8 Å². The molecule has 0 spiro atoms. The molecule has 4 aromatic rings. The minimum absolute atomic E-state index is 0.478. The van der Waals surface area contributed by atoms with Crippen LogP contribution in [-0.2, 0) is 18.7 Å². The number of nitrogens with zero attached hydrogens (tertiary/aromatic N) is 5.